The number of carbonyl (C=O) groups is 2. The second-order valence-corrected chi connectivity index (χ2v) is 5.90. The molecule has 0 aliphatic heterocycles. The van der Waals surface area contributed by atoms with Gasteiger partial charge in [0.25, 0.3) is 11.8 Å². The van der Waals surface area contributed by atoms with E-state index in [4.69, 9.17) is 4.42 Å². The summed E-state index contributed by atoms with van der Waals surface area (Å²) in [7, 11) is 0. The van der Waals surface area contributed by atoms with Gasteiger partial charge in [-0.1, -0.05) is 37.3 Å². The quantitative estimate of drug-likeness (QED) is 0.646. The number of rotatable bonds is 6. The van der Waals surface area contributed by atoms with Gasteiger partial charge in [-0.2, -0.15) is 0 Å². The standard InChI is InChI=1S/C22H20N2O3/c1-2-16-10-12-18(13-11-16)23-22(26)20(15-19-9-6-14-27-19)24-21(25)17-7-4-3-5-8-17/h3-15H,2H2,1H3,(H,23,26)(H,24,25)/b20-15+. The van der Waals surface area contributed by atoms with Gasteiger partial charge in [-0.25, -0.2) is 0 Å². The van der Waals surface area contributed by atoms with Gasteiger partial charge in [0.2, 0.25) is 0 Å². The van der Waals surface area contributed by atoms with Crippen LogP contribution in [0.4, 0.5) is 5.69 Å². The highest BCUT2D eigenvalue weighted by Crippen LogP contribution is 2.13. The molecule has 27 heavy (non-hydrogen) atoms. The molecule has 0 aliphatic carbocycles. The minimum Gasteiger partial charge on any atom is -0.465 e. The first-order chi connectivity index (χ1) is 13.2. The van der Waals surface area contributed by atoms with Crippen LogP contribution in [-0.4, -0.2) is 11.8 Å². The summed E-state index contributed by atoms with van der Waals surface area (Å²) in [4.78, 5) is 25.2. The van der Waals surface area contributed by atoms with Crippen LogP contribution < -0.4 is 10.6 Å². The second-order valence-electron chi connectivity index (χ2n) is 5.90. The highest BCUT2D eigenvalue weighted by molar-refractivity contribution is 6.10. The van der Waals surface area contributed by atoms with E-state index in [0.717, 1.165) is 6.42 Å². The van der Waals surface area contributed by atoms with Gasteiger partial charge in [-0.05, 0) is 48.4 Å². The number of hydrogen-bond acceptors (Lipinski definition) is 3. The van der Waals surface area contributed by atoms with Crippen LogP contribution in [0.15, 0.2) is 83.1 Å². The van der Waals surface area contributed by atoms with E-state index < -0.39 is 5.91 Å². The zero-order valence-electron chi connectivity index (χ0n) is 14.9. The van der Waals surface area contributed by atoms with Gasteiger partial charge in [-0.15, -0.1) is 0 Å². The Labute approximate surface area is 157 Å². The van der Waals surface area contributed by atoms with Crippen molar-refractivity contribution in [1.29, 1.82) is 0 Å². The zero-order valence-corrected chi connectivity index (χ0v) is 14.9. The van der Waals surface area contributed by atoms with Crippen molar-refractivity contribution in [3.05, 3.63) is 95.6 Å². The zero-order chi connectivity index (χ0) is 19.1. The van der Waals surface area contributed by atoms with Crippen molar-refractivity contribution >= 4 is 23.6 Å². The molecule has 0 fully saturated rings. The highest BCUT2D eigenvalue weighted by Gasteiger charge is 2.15. The minimum atomic E-state index is -0.431. The topological polar surface area (TPSA) is 71.3 Å². The van der Waals surface area contributed by atoms with E-state index in [2.05, 4.69) is 17.6 Å². The van der Waals surface area contributed by atoms with E-state index in [0.29, 0.717) is 17.0 Å². The summed E-state index contributed by atoms with van der Waals surface area (Å²) in [5, 5.41) is 5.46. The van der Waals surface area contributed by atoms with Crippen LogP contribution in [0.1, 0.15) is 28.6 Å². The number of benzene rings is 2. The molecule has 0 spiro atoms. The molecule has 136 valence electrons. The first-order valence-corrected chi connectivity index (χ1v) is 8.67. The first kappa shape index (κ1) is 18.2. The monoisotopic (exact) mass is 360 g/mol. The maximum absolute atomic E-state index is 12.7. The number of carbonyl (C=O) groups excluding carboxylic acids is 2. The first-order valence-electron chi connectivity index (χ1n) is 8.67. The van der Waals surface area contributed by atoms with Crippen LogP contribution >= 0.6 is 0 Å². The van der Waals surface area contributed by atoms with Crippen LogP contribution in [0.2, 0.25) is 0 Å². The van der Waals surface area contributed by atoms with Crippen molar-refractivity contribution in [3.63, 3.8) is 0 Å². The van der Waals surface area contributed by atoms with Gasteiger partial charge in [0.1, 0.15) is 11.5 Å². The number of aryl methyl sites for hydroxylation is 1. The molecule has 0 atom stereocenters. The second kappa shape index (κ2) is 8.67. The van der Waals surface area contributed by atoms with Crippen molar-refractivity contribution < 1.29 is 14.0 Å². The Morgan fingerprint density at radius 1 is 0.963 bits per heavy atom. The predicted molar refractivity (Wildman–Crippen MR) is 105 cm³/mol. The van der Waals surface area contributed by atoms with Crippen LogP contribution in [-0.2, 0) is 11.2 Å². The average molecular weight is 360 g/mol. The molecule has 0 aliphatic rings. The van der Waals surface area contributed by atoms with Crippen molar-refractivity contribution in [2.24, 2.45) is 0 Å². The van der Waals surface area contributed by atoms with E-state index in [1.165, 1.54) is 17.9 Å². The lowest BCUT2D eigenvalue weighted by atomic mass is 10.1. The van der Waals surface area contributed by atoms with Crippen molar-refractivity contribution in [3.8, 4) is 0 Å². The van der Waals surface area contributed by atoms with Crippen molar-refractivity contribution in [2.75, 3.05) is 5.32 Å². The largest absolute Gasteiger partial charge is 0.465 e. The molecule has 2 amide bonds. The Balaban J connectivity index is 1.80. The van der Waals surface area contributed by atoms with E-state index in [-0.39, 0.29) is 11.6 Å². The summed E-state index contributed by atoms with van der Waals surface area (Å²) in [6.45, 7) is 2.07. The van der Waals surface area contributed by atoms with Gasteiger partial charge in [-0.3, -0.25) is 9.59 Å². The molecular formula is C22H20N2O3. The predicted octanol–water partition coefficient (Wildman–Crippen LogP) is 4.25. The number of nitrogens with one attached hydrogen (secondary N) is 2. The number of hydrogen-bond donors (Lipinski definition) is 2. The minimum absolute atomic E-state index is 0.0957. The molecule has 0 bridgehead atoms. The normalized spacial score (nSPS) is 11.1. The molecule has 0 saturated carbocycles. The lowest BCUT2D eigenvalue weighted by Crippen LogP contribution is -2.30. The Morgan fingerprint density at radius 2 is 1.70 bits per heavy atom. The Hall–Kier alpha value is -3.60. The number of anilines is 1. The summed E-state index contributed by atoms with van der Waals surface area (Å²) in [5.41, 5.74) is 2.38. The fourth-order valence-corrected chi connectivity index (χ4v) is 2.48. The highest BCUT2D eigenvalue weighted by atomic mass is 16.3. The molecule has 3 aromatic rings. The number of furan rings is 1. The van der Waals surface area contributed by atoms with E-state index in [9.17, 15) is 9.59 Å². The third kappa shape index (κ3) is 4.95. The van der Waals surface area contributed by atoms with Gasteiger partial charge < -0.3 is 15.1 Å². The summed E-state index contributed by atoms with van der Waals surface area (Å²) in [6, 6.07) is 19.7. The number of amides is 2. The summed E-state index contributed by atoms with van der Waals surface area (Å²) < 4.78 is 5.27. The van der Waals surface area contributed by atoms with Gasteiger partial charge in [0.15, 0.2) is 0 Å². The summed E-state index contributed by atoms with van der Waals surface area (Å²) >= 11 is 0. The Bertz CT molecular complexity index is 927. The fourth-order valence-electron chi connectivity index (χ4n) is 2.48. The summed E-state index contributed by atoms with van der Waals surface area (Å²) in [6.07, 6.45) is 3.92. The van der Waals surface area contributed by atoms with Crippen LogP contribution in [0.5, 0.6) is 0 Å². The van der Waals surface area contributed by atoms with E-state index >= 15 is 0 Å². The maximum atomic E-state index is 12.7. The lowest BCUT2D eigenvalue weighted by Gasteiger charge is -2.11. The van der Waals surface area contributed by atoms with Gasteiger partial charge in [0.05, 0.1) is 6.26 Å². The lowest BCUT2D eigenvalue weighted by molar-refractivity contribution is -0.113. The molecule has 3 rings (SSSR count). The molecule has 1 aromatic heterocycles. The van der Waals surface area contributed by atoms with Crippen LogP contribution in [0, 0.1) is 0 Å². The molecule has 0 saturated heterocycles. The molecule has 5 heteroatoms. The molecular weight excluding hydrogens is 340 g/mol. The van der Waals surface area contributed by atoms with Crippen LogP contribution in [0.3, 0.4) is 0 Å². The fraction of sp³-hybridized carbons (Fsp3) is 0.0909. The van der Waals surface area contributed by atoms with Crippen LogP contribution in [0.25, 0.3) is 6.08 Å². The maximum Gasteiger partial charge on any atom is 0.272 e. The Kier molecular flexibility index (Phi) is 5.84. The molecule has 2 aromatic carbocycles. The van der Waals surface area contributed by atoms with E-state index in [1.807, 2.05) is 30.3 Å². The average Bonchev–Trinajstić information content (AvgIpc) is 3.22. The van der Waals surface area contributed by atoms with Crippen molar-refractivity contribution in [2.45, 2.75) is 13.3 Å². The molecule has 2 N–H and O–H groups in total. The Morgan fingerprint density at radius 3 is 2.33 bits per heavy atom. The third-order valence-electron chi connectivity index (χ3n) is 3.98. The van der Waals surface area contributed by atoms with Crippen molar-refractivity contribution in [1.82, 2.24) is 5.32 Å². The summed E-state index contributed by atoms with van der Waals surface area (Å²) in [5.74, 6) is -0.334. The SMILES string of the molecule is CCc1ccc(NC(=O)/C(=C\c2ccco2)NC(=O)c2ccccc2)cc1. The van der Waals surface area contributed by atoms with Gasteiger partial charge >= 0.3 is 0 Å². The smallest absolute Gasteiger partial charge is 0.272 e. The molecule has 0 radical (unpaired) electrons. The molecule has 0 unspecified atom stereocenters. The van der Waals surface area contributed by atoms with E-state index in [1.54, 1.807) is 36.4 Å². The van der Waals surface area contributed by atoms with Gasteiger partial charge in [0, 0.05) is 17.3 Å². The molecule has 1 heterocycles. The molecule has 5 nitrogen and oxygen atoms in total. The third-order valence-corrected chi connectivity index (χ3v) is 3.98.